The zero-order valence-corrected chi connectivity index (χ0v) is 15.3. The summed E-state index contributed by atoms with van der Waals surface area (Å²) in [5.41, 5.74) is 4.53. The van der Waals surface area contributed by atoms with Crippen molar-refractivity contribution in [1.82, 2.24) is 9.97 Å². The van der Waals surface area contributed by atoms with E-state index in [0.717, 1.165) is 17.7 Å². The maximum atomic E-state index is 6.04. The average Bonchev–Trinajstić information content (AvgIpc) is 2.65. The van der Waals surface area contributed by atoms with Crippen molar-refractivity contribution < 1.29 is 0 Å². The number of hydrogen-bond acceptors (Lipinski definition) is 6. The molecule has 5 N–H and O–H groups in total. The minimum Gasteiger partial charge on any atom is -0.370 e. The van der Waals surface area contributed by atoms with Gasteiger partial charge in [0.2, 0.25) is 5.95 Å². The monoisotopic (exact) mass is 388 g/mol. The molecule has 0 radical (unpaired) electrons. The number of anilines is 4. The lowest BCUT2D eigenvalue weighted by Crippen LogP contribution is -2.13. The van der Waals surface area contributed by atoms with Crippen molar-refractivity contribution in [2.75, 3.05) is 22.6 Å². The van der Waals surface area contributed by atoms with Gasteiger partial charge in [-0.25, -0.2) is 5.84 Å². The SMILES string of the molecule is NNc1cc(NCCc2ccc(Cl)c(Cl)c2)nc(Nc2ccccc2)n1. The van der Waals surface area contributed by atoms with Gasteiger partial charge in [-0.15, -0.1) is 0 Å². The molecular formula is C18H18Cl2N6. The average molecular weight is 389 g/mol. The van der Waals surface area contributed by atoms with Crippen LogP contribution >= 0.6 is 23.2 Å². The number of para-hydroxylation sites is 1. The molecular weight excluding hydrogens is 371 g/mol. The number of nitrogens with zero attached hydrogens (tertiary/aromatic N) is 2. The van der Waals surface area contributed by atoms with Gasteiger partial charge in [-0.2, -0.15) is 9.97 Å². The van der Waals surface area contributed by atoms with Crippen LogP contribution in [0.2, 0.25) is 10.0 Å². The summed E-state index contributed by atoms with van der Waals surface area (Å²) in [5.74, 6) is 7.12. The quantitative estimate of drug-likeness (QED) is 0.352. The smallest absolute Gasteiger partial charge is 0.231 e. The fourth-order valence-electron chi connectivity index (χ4n) is 2.35. The molecule has 6 nitrogen and oxygen atoms in total. The zero-order chi connectivity index (χ0) is 18.4. The van der Waals surface area contributed by atoms with Crippen LogP contribution in [-0.2, 0) is 6.42 Å². The van der Waals surface area contributed by atoms with Crippen molar-refractivity contribution in [2.24, 2.45) is 5.84 Å². The summed E-state index contributed by atoms with van der Waals surface area (Å²) in [7, 11) is 0. The van der Waals surface area contributed by atoms with E-state index < -0.39 is 0 Å². The summed E-state index contributed by atoms with van der Waals surface area (Å²) in [5, 5.41) is 7.52. The Morgan fingerprint density at radius 3 is 2.38 bits per heavy atom. The predicted octanol–water partition coefficient (Wildman–Crippen LogP) is 4.47. The number of nitrogens with one attached hydrogen (secondary N) is 3. The van der Waals surface area contributed by atoms with Gasteiger partial charge in [0, 0.05) is 18.3 Å². The molecule has 3 aromatic rings. The number of rotatable bonds is 7. The highest BCUT2D eigenvalue weighted by molar-refractivity contribution is 6.42. The highest BCUT2D eigenvalue weighted by Crippen LogP contribution is 2.23. The summed E-state index contributed by atoms with van der Waals surface area (Å²) >= 11 is 12.0. The van der Waals surface area contributed by atoms with Crippen molar-refractivity contribution in [3.05, 3.63) is 70.2 Å². The molecule has 1 aromatic heterocycles. The molecule has 0 bridgehead atoms. The third kappa shape index (κ3) is 4.98. The topological polar surface area (TPSA) is 87.9 Å². The molecule has 1 heterocycles. The number of nitrogens with two attached hydrogens (primary N) is 1. The first-order valence-electron chi connectivity index (χ1n) is 7.99. The minimum atomic E-state index is 0.448. The van der Waals surface area contributed by atoms with Crippen LogP contribution in [0, 0.1) is 0 Å². The molecule has 0 aliphatic rings. The van der Waals surface area contributed by atoms with Crippen LogP contribution in [0.4, 0.5) is 23.3 Å². The number of halogens is 2. The van der Waals surface area contributed by atoms with E-state index in [9.17, 15) is 0 Å². The second-order valence-electron chi connectivity index (χ2n) is 5.52. The van der Waals surface area contributed by atoms with Crippen LogP contribution in [0.5, 0.6) is 0 Å². The maximum Gasteiger partial charge on any atom is 0.231 e. The Morgan fingerprint density at radius 1 is 0.885 bits per heavy atom. The Balaban J connectivity index is 1.66. The fourth-order valence-corrected chi connectivity index (χ4v) is 2.67. The van der Waals surface area contributed by atoms with E-state index in [-0.39, 0.29) is 0 Å². The lowest BCUT2D eigenvalue weighted by atomic mass is 10.1. The highest BCUT2D eigenvalue weighted by Gasteiger charge is 2.05. The molecule has 134 valence electrons. The molecule has 0 atom stereocenters. The first-order valence-corrected chi connectivity index (χ1v) is 8.75. The second-order valence-corrected chi connectivity index (χ2v) is 6.34. The van der Waals surface area contributed by atoms with Gasteiger partial charge in [0.05, 0.1) is 10.0 Å². The Kier molecular flexibility index (Phi) is 6.12. The van der Waals surface area contributed by atoms with Gasteiger partial charge in [0.1, 0.15) is 11.6 Å². The summed E-state index contributed by atoms with van der Waals surface area (Å²) in [6.45, 7) is 0.670. The lowest BCUT2D eigenvalue weighted by molar-refractivity contribution is 1.000. The van der Waals surface area contributed by atoms with Gasteiger partial charge in [-0.05, 0) is 36.2 Å². The van der Waals surface area contributed by atoms with Crippen molar-refractivity contribution >= 4 is 46.5 Å². The molecule has 0 unspecified atom stereocenters. The lowest BCUT2D eigenvalue weighted by Gasteiger charge is -2.11. The Labute approximate surface area is 161 Å². The molecule has 0 spiro atoms. The van der Waals surface area contributed by atoms with E-state index >= 15 is 0 Å². The number of aromatic nitrogens is 2. The molecule has 26 heavy (non-hydrogen) atoms. The number of benzene rings is 2. The molecule has 2 aromatic carbocycles. The largest absolute Gasteiger partial charge is 0.370 e. The van der Waals surface area contributed by atoms with Gasteiger partial charge in [-0.1, -0.05) is 47.5 Å². The van der Waals surface area contributed by atoms with Gasteiger partial charge in [-0.3, -0.25) is 0 Å². The van der Waals surface area contributed by atoms with Gasteiger partial charge < -0.3 is 16.1 Å². The van der Waals surface area contributed by atoms with Crippen LogP contribution in [0.25, 0.3) is 0 Å². The molecule has 0 amide bonds. The van der Waals surface area contributed by atoms with E-state index in [2.05, 4.69) is 26.0 Å². The van der Waals surface area contributed by atoms with E-state index in [1.165, 1.54) is 0 Å². The maximum absolute atomic E-state index is 6.04. The molecule has 0 fully saturated rings. The number of hydrogen-bond donors (Lipinski definition) is 4. The Hall–Kier alpha value is -2.54. The van der Waals surface area contributed by atoms with E-state index in [1.807, 2.05) is 42.5 Å². The van der Waals surface area contributed by atoms with E-state index in [0.29, 0.717) is 34.2 Å². The van der Waals surface area contributed by atoms with Crippen LogP contribution in [0.1, 0.15) is 5.56 Å². The molecule has 0 saturated carbocycles. The molecule has 8 heteroatoms. The Morgan fingerprint density at radius 2 is 1.65 bits per heavy atom. The zero-order valence-electron chi connectivity index (χ0n) is 13.8. The first-order chi connectivity index (χ1) is 12.6. The minimum absolute atomic E-state index is 0.448. The number of hydrazine groups is 1. The van der Waals surface area contributed by atoms with Crippen LogP contribution in [0.3, 0.4) is 0 Å². The first kappa shape index (κ1) is 18.3. The standard InChI is InChI=1S/C18H18Cl2N6/c19-14-7-6-12(10-15(14)20)8-9-22-16-11-17(26-21)25-18(24-16)23-13-4-2-1-3-5-13/h1-7,10-11H,8-9,21H2,(H3,22,23,24,25,26). The van der Waals surface area contributed by atoms with Crippen molar-refractivity contribution in [3.63, 3.8) is 0 Å². The summed E-state index contributed by atoms with van der Waals surface area (Å²) in [6, 6.07) is 17.0. The van der Waals surface area contributed by atoms with Crippen molar-refractivity contribution in [1.29, 1.82) is 0 Å². The van der Waals surface area contributed by atoms with E-state index in [4.69, 9.17) is 29.0 Å². The predicted molar refractivity (Wildman–Crippen MR) is 108 cm³/mol. The van der Waals surface area contributed by atoms with Crippen molar-refractivity contribution in [3.8, 4) is 0 Å². The van der Waals surface area contributed by atoms with Gasteiger partial charge >= 0.3 is 0 Å². The van der Waals surface area contributed by atoms with Gasteiger partial charge in [0.15, 0.2) is 0 Å². The summed E-state index contributed by atoms with van der Waals surface area (Å²) < 4.78 is 0. The summed E-state index contributed by atoms with van der Waals surface area (Å²) in [6.07, 6.45) is 0.772. The second kappa shape index (κ2) is 8.71. The fraction of sp³-hybridized carbons (Fsp3) is 0.111. The third-order valence-corrected chi connectivity index (χ3v) is 4.35. The van der Waals surface area contributed by atoms with Crippen LogP contribution < -0.4 is 21.9 Å². The van der Waals surface area contributed by atoms with Gasteiger partial charge in [0.25, 0.3) is 0 Å². The molecule has 3 rings (SSSR count). The van der Waals surface area contributed by atoms with Crippen LogP contribution in [-0.4, -0.2) is 16.5 Å². The van der Waals surface area contributed by atoms with Crippen LogP contribution in [0.15, 0.2) is 54.6 Å². The number of nitrogen functional groups attached to an aromatic ring is 1. The molecule has 0 saturated heterocycles. The summed E-state index contributed by atoms with van der Waals surface area (Å²) in [4.78, 5) is 8.77. The third-order valence-electron chi connectivity index (χ3n) is 3.61. The normalized spacial score (nSPS) is 10.4. The molecule has 0 aliphatic heterocycles. The highest BCUT2D eigenvalue weighted by atomic mass is 35.5. The molecule has 0 aliphatic carbocycles. The van der Waals surface area contributed by atoms with E-state index in [1.54, 1.807) is 12.1 Å². The van der Waals surface area contributed by atoms with Crippen molar-refractivity contribution in [2.45, 2.75) is 6.42 Å². The Bertz CT molecular complexity index is 873.